The Balaban J connectivity index is 2.93. The van der Waals surface area contributed by atoms with Gasteiger partial charge in [0.05, 0.1) is 19.9 Å². The summed E-state index contributed by atoms with van der Waals surface area (Å²) in [5.74, 6) is 1.16. The van der Waals surface area contributed by atoms with Crippen LogP contribution < -0.4 is 9.67 Å². The molecule has 1 rings (SSSR count). The van der Waals surface area contributed by atoms with E-state index in [0.29, 0.717) is 11.6 Å². The van der Waals surface area contributed by atoms with Crippen molar-refractivity contribution in [2.24, 2.45) is 25.9 Å². The number of nitrogens with zero attached hydrogens (tertiary/aromatic N) is 2. The summed E-state index contributed by atoms with van der Waals surface area (Å²) >= 11 is 0. The van der Waals surface area contributed by atoms with E-state index in [0.717, 1.165) is 0 Å². The summed E-state index contributed by atoms with van der Waals surface area (Å²) in [4.78, 5) is 0. The van der Waals surface area contributed by atoms with Crippen LogP contribution in [0.2, 0.25) is 0 Å². The van der Waals surface area contributed by atoms with E-state index in [1.165, 1.54) is 0 Å². The highest BCUT2D eigenvalue weighted by Gasteiger charge is 2.13. The van der Waals surface area contributed by atoms with Gasteiger partial charge in [0.1, 0.15) is 12.4 Å². The Hall–Kier alpha value is -1.71. The van der Waals surface area contributed by atoms with Crippen LogP contribution in [0.1, 0.15) is 26.6 Å². The number of aryl methyl sites for hydroxylation is 2. The second-order valence-corrected chi connectivity index (χ2v) is 4.90. The molecule has 0 saturated heterocycles. The summed E-state index contributed by atoms with van der Waals surface area (Å²) in [6, 6.07) is 0. The quantitative estimate of drug-likeness (QED) is 0.646. The Morgan fingerprint density at radius 2 is 1.94 bits per heavy atom. The third-order valence-corrected chi connectivity index (χ3v) is 3.15. The van der Waals surface area contributed by atoms with E-state index in [-0.39, 0.29) is 17.6 Å². The zero-order chi connectivity index (χ0) is 13.9. The van der Waals surface area contributed by atoms with Gasteiger partial charge in [-0.25, -0.2) is 9.13 Å². The number of hydrogen-bond acceptors (Lipinski definition) is 2. The van der Waals surface area contributed by atoms with Gasteiger partial charge in [0.25, 0.3) is 5.82 Å². The zero-order valence-corrected chi connectivity index (χ0v) is 11.7. The van der Waals surface area contributed by atoms with Gasteiger partial charge in [0.2, 0.25) is 0 Å². The van der Waals surface area contributed by atoms with E-state index in [1.807, 2.05) is 49.5 Å². The lowest BCUT2D eigenvalue weighted by Crippen LogP contribution is -2.34. The van der Waals surface area contributed by atoms with Crippen LogP contribution >= 0.6 is 0 Å². The van der Waals surface area contributed by atoms with Gasteiger partial charge >= 0.3 is 0 Å². The lowest BCUT2D eigenvalue weighted by atomic mass is 9.94. The van der Waals surface area contributed by atoms with Crippen LogP contribution in [-0.4, -0.2) is 9.67 Å². The van der Waals surface area contributed by atoms with E-state index in [4.69, 9.17) is 0 Å². The molecular weight excluding hydrogens is 228 g/mol. The summed E-state index contributed by atoms with van der Waals surface area (Å²) in [6.07, 6.45) is 7.18. The summed E-state index contributed by atoms with van der Waals surface area (Å²) < 4.78 is 3.62. The first kappa shape index (κ1) is 14.4. The van der Waals surface area contributed by atoms with Crippen LogP contribution in [0.5, 0.6) is 0 Å². The third kappa shape index (κ3) is 3.39. The Morgan fingerprint density at radius 3 is 2.39 bits per heavy atom. The predicted molar refractivity (Wildman–Crippen MR) is 69.3 cm³/mol. The molecule has 4 nitrogen and oxygen atoms in total. The van der Waals surface area contributed by atoms with E-state index in [2.05, 4.69) is 0 Å². The van der Waals surface area contributed by atoms with Crippen LogP contribution in [0.3, 0.4) is 0 Å². The van der Waals surface area contributed by atoms with Gasteiger partial charge in [-0.05, 0) is 30.6 Å². The van der Waals surface area contributed by atoms with Gasteiger partial charge in [0, 0.05) is 0 Å². The molecule has 0 saturated carbocycles. The minimum atomic E-state index is 0.00772. The SMILES string of the molecule is C/C(O)=C/[C@H](C)[C@H](C)/C=C(\[O-])c1n(C)cc[n+]1C. The number of aliphatic hydroxyl groups excluding tert-OH is 1. The topological polar surface area (TPSA) is 52.1 Å². The summed E-state index contributed by atoms with van der Waals surface area (Å²) in [6.45, 7) is 5.60. The number of allylic oxidation sites excluding steroid dienone is 3. The predicted octanol–water partition coefficient (Wildman–Crippen LogP) is 1.28. The van der Waals surface area contributed by atoms with Crippen LogP contribution in [0.25, 0.3) is 5.76 Å². The second-order valence-electron chi connectivity index (χ2n) is 4.90. The van der Waals surface area contributed by atoms with Crippen molar-refractivity contribution in [1.82, 2.24) is 4.57 Å². The minimum absolute atomic E-state index is 0.00772. The molecule has 1 aromatic heterocycles. The number of imidazole rings is 1. The van der Waals surface area contributed by atoms with Crippen LogP contribution in [0.4, 0.5) is 0 Å². The molecule has 0 unspecified atom stereocenters. The van der Waals surface area contributed by atoms with Gasteiger partial charge < -0.3 is 10.2 Å². The Labute approximate surface area is 109 Å². The van der Waals surface area contributed by atoms with Crippen LogP contribution in [-0.2, 0) is 14.1 Å². The minimum Gasteiger partial charge on any atom is -0.867 e. The molecule has 2 atom stereocenters. The molecule has 100 valence electrons. The second kappa shape index (κ2) is 5.76. The molecular formula is C14H22N2O2. The van der Waals surface area contributed by atoms with Crippen molar-refractivity contribution in [3.8, 4) is 0 Å². The first-order valence-corrected chi connectivity index (χ1v) is 6.10. The van der Waals surface area contributed by atoms with Crippen LogP contribution in [0.15, 0.2) is 30.3 Å². The number of hydrogen-bond donors (Lipinski definition) is 1. The summed E-state index contributed by atoms with van der Waals surface area (Å²) in [5.41, 5.74) is 0. The highest BCUT2D eigenvalue weighted by Crippen LogP contribution is 2.18. The molecule has 1 N–H and O–H groups in total. The highest BCUT2D eigenvalue weighted by molar-refractivity contribution is 5.47. The van der Waals surface area contributed by atoms with Crippen molar-refractivity contribution in [1.29, 1.82) is 0 Å². The molecule has 1 aromatic rings. The fourth-order valence-electron chi connectivity index (χ4n) is 1.93. The zero-order valence-electron chi connectivity index (χ0n) is 11.7. The van der Waals surface area contributed by atoms with Crippen molar-refractivity contribution in [3.63, 3.8) is 0 Å². The molecule has 4 heteroatoms. The van der Waals surface area contributed by atoms with Crippen molar-refractivity contribution < 1.29 is 14.8 Å². The van der Waals surface area contributed by atoms with E-state index >= 15 is 0 Å². The molecule has 0 amide bonds. The largest absolute Gasteiger partial charge is 0.867 e. The fraction of sp³-hybridized carbons (Fsp3) is 0.500. The van der Waals surface area contributed by atoms with Crippen LogP contribution in [0, 0.1) is 11.8 Å². The number of rotatable bonds is 4. The first-order valence-electron chi connectivity index (χ1n) is 6.10. The normalized spacial score (nSPS) is 16.7. The Bertz CT molecular complexity index is 449. The smallest absolute Gasteiger partial charge is 0.272 e. The van der Waals surface area contributed by atoms with Gasteiger partial charge in [-0.1, -0.05) is 19.9 Å². The molecule has 0 radical (unpaired) electrons. The maximum Gasteiger partial charge on any atom is 0.272 e. The van der Waals surface area contributed by atoms with Crippen molar-refractivity contribution in [2.45, 2.75) is 20.8 Å². The molecule has 0 aromatic carbocycles. The maximum absolute atomic E-state index is 12.2. The first-order chi connectivity index (χ1) is 8.32. The fourth-order valence-corrected chi connectivity index (χ4v) is 1.93. The Morgan fingerprint density at radius 1 is 1.39 bits per heavy atom. The molecule has 0 aliphatic rings. The third-order valence-electron chi connectivity index (χ3n) is 3.15. The van der Waals surface area contributed by atoms with Crippen molar-refractivity contribution >= 4 is 5.76 Å². The standard InChI is InChI=1S/C14H22N2O2/c1-10(8-12(3)17)11(2)9-13(18)14-15(4)6-7-16(14)5/h6-11H,1-5H3,(H-,17,18)/b12-8-,13-9-/t10-,11+/m0/s1. The van der Waals surface area contributed by atoms with Crippen molar-refractivity contribution in [2.75, 3.05) is 0 Å². The molecule has 1 heterocycles. The lowest BCUT2D eigenvalue weighted by Gasteiger charge is -2.17. The number of aliphatic hydroxyl groups is 1. The summed E-state index contributed by atoms with van der Waals surface area (Å²) in [5, 5.41) is 21.4. The number of aromatic nitrogens is 2. The highest BCUT2D eigenvalue weighted by atomic mass is 16.3. The molecule has 0 aliphatic heterocycles. The molecule has 0 bridgehead atoms. The molecule has 18 heavy (non-hydrogen) atoms. The monoisotopic (exact) mass is 250 g/mol. The lowest BCUT2D eigenvalue weighted by molar-refractivity contribution is -0.676. The summed E-state index contributed by atoms with van der Waals surface area (Å²) in [7, 11) is 3.71. The maximum atomic E-state index is 12.2. The molecule has 0 spiro atoms. The van der Waals surface area contributed by atoms with E-state index < -0.39 is 0 Å². The van der Waals surface area contributed by atoms with Gasteiger partial charge in [0.15, 0.2) is 0 Å². The van der Waals surface area contributed by atoms with Crippen molar-refractivity contribution in [3.05, 3.63) is 36.1 Å². The average Bonchev–Trinajstić information content (AvgIpc) is 2.57. The van der Waals surface area contributed by atoms with Gasteiger partial charge in [-0.2, -0.15) is 0 Å². The van der Waals surface area contributed by atoms with E-state index in [1.54, 1.807) is 19.1 Å². The average molecular weight is 250 g/mol. The Kier molecular flexibility index (Phi) is 4.59. The van der Waals surface area contributed by atoms with E-state index in [9.17, 15) is 10.2 Å². The van der Waals surface area contributed by atoms with Gasteiger partial charge in [-0.15, -0.1) is 0 Å². The molecule has 0 aliphatic carbocycles. The molecule has 0 fully saturated rings. The van der Waals surface area contributed by atoms with Gasteiger partial charge in [-0.3, -0.25) is 0 Å².